The lowest BCUT2D eigenvalue weighted by molar-refractivity contribution is -0.132. The van der Waals surface area contributed by atoms with Gasteiger partial charge in [0.25, 0.3) is 5.91 Å². The van der Waals surface area contributed by atoms with Crippen molar-refractivity contribution in [2.45, 2.75) is 6.54 Å². The molecule has 0 aliphatic carbocycles. The highest BCUT2D eigenvalue weighted by molar-refractivity contribution is 6.35. The van der Waals surface area contributed by atoms with Crippen LogP contribution in [0.4, 0.5) is 4.39 Å². The predicted octanol–water partition coefficient (Wildman–Crippen LogP) is 4.18. The molecular formula is C17H16Cl2FNO3. The van der Waals surface area contributed by atoms with Gasteiger partial charge in [-0.15, -0.1) is 0 Å². The van der Waals surface area contributed by atoms with Crippen LogP contribution < -0.4 is 9.47 Å². The van der Waals surface area contributed by atoms with Crippen LogP contribution in [0.1, 0.15) is 5.56 Å². The van der Waals surface area contributed by atoms with Crippen LogP contribution >= 0.6 is 23.2 Å². The minimum atomic E-state index is -0.472. The minimum absolute atomic E-state index is 0.161. The topological polar surface area (TPSA) is 38.8 Å². The summed E-state index contributed by atoms with van der Waals surface area (Å²) in [7, 11) is 3.00. The number of amides is 1. The summed E-state index contributed by atoms with van der Waals surface area (Å²) in [5.41, 5.74) is 0.647. The van der Waals surface area contributed by atoms with E-state index in [0.29, 0.717) is 21.4 Å². The van der Waals surface area contributed by atoms with Gasteiger partial charge in [0.1, 0.15) is 5.75 Å². The Labute approximate surface area is 149 Å². The fraction of sp³-hybridized carbons (Fsp3) is 0.235. The van der Waals surface area contributed by atoms with Gasteiger partial charge < -0.3 is 14.4 Å². The molecule has 0 aliphatic heterocycles. The van der Waals surface area contributed by atoms with E-state index in [4.69, 9.17) is 32.7 Å². The first-order valence-electron chi connectivity index (χ1n) is 7.05. The van der Waals surface area contributed by atoms with E-state index in [1.807, 2.05) is 0 Å². The molecule has 0 atom stereocenters. The maximum absolute atomic E-state index is 13.7. The smallest absolute Gasteiger partial charge is 0.260 e. The summed E-state index contributed by atoms with van der Waals surface area (Å²) in [4.78, 5) is 13.6. The van der Waals surface area contributed by atoms with Gasteiger partial charge in [0, 0.05) is 18.6 Å². The highest BCUT2D eigenvalue weighted by atomic mass is 35.5. The molecule has 4 nitrogen and oxygen atoms in total. The van der Waals surface area contributed by atoms with E-state index >= 15 is 0 Å². The van der Waals surface area contributed by atoms with Crippen molar-refractivity contribution in [3.05, 3.63) is 57.8 Å². The van der Waals surface area contributed by atoms with Crippen molar-refractivity contribution in [3.63, 3.8) is 0 Å². The molecule has 0 saturated heterocycles. The molecule has 1 amide bonds. The van der Waals surface area contributed by atoms with Crippen molar-refractivity contribution in [3.8, 4) is 11.5 Å². The van der Waals surface area contributed by atoms with Gasteiger partial charge in [0.05, 0.1) is 12.1 Å². The van der Waals surface area contributed by atoms with Gasteiger partial charge >= 0.3 is 0 Å². The lowest BCUT2D eigenvalue weighted by atomic mass is 10.2. The standard InChI is InChI=1S/C17H16Cl2FNO3/c1-21(9-11-3-5-16(23-2)14(20)7-11)17(22)10-24-15-6-4-12(18)8-13(15)19/h3-8H,9-10H2,1-2H3. The van der Waals surface area contributed by atoms with E-state index in [9.17, 15) is 9.18 Å². The summed E-state index contributed by atoms with van der Waals surface area (Å²) in [5, 5.41) is 0.813. The molecule has 0 bridgehead atoms. The zero-order valence-corrected chi connectivity index (χ0v) is 14.7. The van der Waals surface area contributed by atoms with Gasteiger partial charge in [-0.2, -0.15) is 0 Å². The highest BCUT2D eigenvalue weighted by Crippen LogP contribution is 2.27. The zero-order valence-electron chi connectivity index (χ0n) is 13.2. The van der Waals surface area contributed by atoms with Crippen LogP contribution in [-0.2, 0) is 11.3 Å². The molecule has 0 aliphatic rings. The molecule has 7 heteroatoms. The van der Waals surface area contributed by atoms with Crippen molar-refractivity contribution in [1.82, 2.24) is 4.90 Å². The quantitative estimate of drug-likeness (QED) is 0.764. The molecule has 0 saturated carbocycles. The summed E-state index contributed by atoms with van der Waals surface area (Å²) in [6.45, 7) is 0.0634. The number of carbonyl (C=O) groups excluding carboxylic acids is 1. The Hall–Kier alpha value is -1.98. The van der Waals surface area contributed by atoms with Crippen LogP contribution in [0.25, 0.3) is 0 Å². The third kappa shape index (κ3) is 4.76. The second-order valence-corrected chi connectivity index (χ2v) is 5.93. The number of ether oxygens (including phenoxy) is 2. The van der Waals surface area contributed by atoms with Gasteiger partial charge in [-0.25, -0.2) is 4.39 Å². The SMILES string of the molecule is COc1ccc(CN(C)C(=O)COc2ccc(Cl)cc2Cl)cc1F. The molecule has 0 radical (unpaired) electrons. The first-order chi connectivity index (χ1) is 11.4. The van der Waals surface area contributed by atoms with Crippen LogP contribution in [0.3, 0.4) is 0 Å². The lowest BCUT2D eigenvalue weighted by Gasteiger charge is -2.18. The summed E-state index contributed by atoms with van der Waals surface area (Å²) in [6.07, 6.45) is 0. The molecular weight excluding hydrogens is 356 g/mol. The average Bonchev–Trinajstić information content (AvgIpc) is 2.54. The number of likely N-dealkylation sites (N-methyl/N-ethyl adjacent to an activating group) is 1. The summed E-state index contributed by atoms with van der Waals surface area (Å²) >= 11 is 11.8. The normalized spacial score (nSPS) is 10.4. The van der Waals surface area contributed by atoms with Crippen molar-refractivity contribution in [2.24, 2.45) is 0 Å². The monoisotopic (exact) mass is 371 g/mol. The Morgan fingerprint density at radius 2 is 1.88 bits per heavy atom. The highest BCUT2D eigenvalue weighted by Gasteiger charge is 2.13. The van der Waals surface area contributed by atoms with Crippen molar-refractivity contribution in [1.29, 1.82) is 0 Å². The first-order valence-corrected chi connectivity index (χ1v) is 7.80. The van der Waals surface area contributed by atoms with Crippen LogP contribution in [0, 0.1) is 5.82 Å². The lowest BCUT2D eigenvalue weighted by Crippen LogP contribution is -2.31. The fourth-order valence-electron chi connectivity index (χ4n) is 2.01. The third-order valence-corrected chi connectivity index (χ3v) is 3.84. The number of benzene rings is 2. The second-order valence-electron chi connectivity index (χ2n) is 5.08. The summed E-state index contributed by atoms with van der Waals surface area (Å²) in [6, 6.07) is 9.30. The van der Waals surface area contributed by atoms with E-state index in [-0.39, 0.29) is 24.8 Å². The molecule has 2 rings (SSSR count). The molecule has 2 aromatic rings. The van der Waals surface area contributed by atoms with Crippen molar-refractivity contribution < 1.29 is 18.7 Å². The second kappa shape index (κ2) is 8.22. The molecule has 0 heterocycles. The van der Waals surface area contributed by atoms with Crippen molar-refractivity contribution in [2.75, 3.05) is 20.8 Å². The third-order valence-electron chi connectivity index (χ3n) is 3.31. The van der Waals surface area contributed by atoms with Gasteiger partial charge in [0.2, 0.25) is 0 Å². The Balaban J connectivity index is 1.93. The zero-order chi connectivity index (χ0) is 17.7. The number of hydrogen-bond donors (Lipinski definition) is 0. The van der Waals surface area contributed by atoms with E-state index in [0.717, 1.165) is 0 Å². The van der Waals surface area contributed by atoms with Crippen LogP contribution in [0.15, 0.2) is 36.4 Å². The fourth-order valence-corrected chi connectivity index (χ4v) is 2.48. The van der Waals surface area contributed by atoms with Crippen LogP contribution in [0.5, 0.6) is 11.5 Å². The average molecular weight is 372 g/mol. The van der Waals surface area contributed by atoms with E-state index < -0.39 is 5.82 Å². The number of carbonyl (C=O) groups is 1. The molecule has 2 aromatic carbocycles. The molecule has 24 heavy (non-hydrogen) atoms. The maximum atomic E-state index is 13.7. The van der Waals surface area contributed by atoms with Crippen molar-refractivity contribution >= 4 is 29.1 Å². The molecule has 128 valence electrons. The van der Waals surface area contributed by atoms with Gasteiger partial charge in [-0.3, -0.25) is 4.79 Å². The first kappa shape index (κ1) is 18.4. The number of nitrogens with zero attached hydrogens (tertiary/aromatic N) is 1. The Morgan fingerprint density at radius 1 is 1.17 bits per heavy atom. The summed E-state index contributed by atoms with van der Waals surface area (Å²) in [5.74, 6) is -0.205. The molecule has 0 aromatic heterocycles. The Kier molecular flexibility index (Phi) is 6.29. The van der Waals surface area contributed by atoms with E-state index in [1.165, 1.54) is 30.2 Å². The molecule has 0 N–H and O–H groups in total. The minimum Gasteiger partial charge on any atom is -0.494 e. The summed E-state index contributed by atoms with van der Waals surface area (Å²) < 4.78 is 23.9. The van der Waals surface area contributed by atoms with Crippen LogP contribution in [0.2, 0.25) is 10.0 Å². The number of hydrogen-bond acceptors (Lipinski definition) is 3. The van der Waals surface area contributed by atoms with Crippen LogP contribution in [-0.4, -0.2) is 31.6 Å². The number of methoxy groups -OCH3 is 1. The number of rotatable bonds is 6. The molecule has 0 unspecified atom stereocenters. The predicted molar refractivity (Wildman–Crippen MR) is 91.4 cm³/mol. The Bertz CT molecular complexity index is 740. The maximum Gasteiger partial charge on any atom is 0.260 e. The van der Waals surface area contributed by atoms with E-state index in [2.05, 4.69) is 0 Å². The van der Waals surface area contributed by atoms with Gasteiger partial charge in [-0.05, 0) is 35.9 Å². The number of halogens is 3. The van der Waals surface area contributed by atoms with E-state index in [1.54, 1.807) is 25.2 Å². The molecule has 0 spiro atoms. The van der Waals surface area contributed by atoms with Gasteiger partial charge in [0.15, 0.2) is 18.2 Å². The molecule has 0 fully saturated rings. The van der Waals surface area contributed by atoms with Gasteiger partial charge in [-0.1, -0.05) is 29.3 Å². The Morgan fingerprint density at radius 3 is 2.50 bits per heavy atom. The largest absolute Gasteiger partial charge is 0.494 e.